The molecule has 0 aromatic carbocycles. The van der Waals surface area contributed by atoms with Gasteiger partial charge < -0.3 is 10.2 Å². The van der Waals surface area contributed by atoms with Gasteiger partial charge in [-0.1, -0.05) is 6.42 Å². The van der Waals surface area contributed by atoms with Crippen LogP contribution in [0.25, 0.3) is 0 Å². The van der Waals surface area contributed by atoms with Crippen molar-refractivity contribution in [3.05, 3.63) is 0 Å². The smallest absolute Gasteiger partial charge is 0.224 e. The van der Waals surface area contributed by atoms with Crippen LogP contribution >= 0.6 is 0 Å². The molecule has 0 aliphatic carbocycles. The third-order valence-corrected chi connectivity index (χ3v) is 3.96. The number of likely N-dealkylation sites (tertiary alicyclic amines) is 1. The van der Waals surface area contributed by atoms with Gasteiger partial charge in [-0.05, 0) is 45.6 Å². The molecule has 0 radical (unpaired) electrons. The Hall–Kier alpha value is -0.570. The standard InChI is InChI=1S/C13H24N2O/c1-11-6-3-5-9-15(11)13(16)10-12-7-2-4-8-14-12/h11-12,14H,2-10H2,1H3. The highest BCUT2D eigenvalue weighted by atomic mass is 16.2. The van der Waals surface area contributed by atoms with Crippen molar-refractivity contribution in [2.45, 2.75) is 64.0 Å². The number of hydrogen-bond acceptors (Lipinski definition) is 2. The largest absolute Gasteiger partial charge is 0.340 e. The van der Waals surface area contributed by atoms with Gasteiger partial charge in [0.25, 0.3) is 0 Å². The molecule has 2 unspecified atom stereocenters. The number of amides is 1. The quantitative estimate of drug-likeness (QED) is 0.777. The lowest BCUT2D eigenvalue weighted by Gasteiger charge is -2.35. The zero-order valence-corrected chi connectivity index (χ0v) is 10.4. The highest BCUT2D eigenvalue weighted by molar-refractivity contribution is 5.77. The third-order valence-electron chi connectivity index (χ3n) is 3.96. The van der Waals surface area contributed by atoms with Gasteiger partial charge in [-0.15, -0.1) is 0 Å². The van der Waals surface area contributed by atoms with Crippen molar-refractivity contribution < 1.29 is 4.79 Å². The number of rotatable bonds is 2. The van der Waals surface area contributed by atoms with E-state index in [-0.39, 0.29) is 0 Å². The summed E-state index contributed by atoms with van der Waals surface area (Å²) in [6.07, 6.45) is 8.09. The SMILES string of the molecule is CC1CCCCN1C(=O)CC1CCCCN1. The molecule has 2 atom stereocenters. The first-order valence-electron chi connectivity index (χ1n) is 6.80. The second-order valence-electron chi connectivity index (χ2n) is 5.28. The van der Waals surface area contributed by atoms with Crippen LogP contribution in [0.4, 0.5) is 0 Å². The topological polar surface area (TPSA) is 32.3 Å². The second kappa shape index (κ2) is 5.67. The summed E-state index contributed by atoms with van der Waals surface area (Å²) in [6, 6.07) is 0.903. The summed E-state index contributed by atoms with van der Waals surface area (Å²) >= 11 is 0. The normalized spacial score (nSPS) is 31.4. The molecule has 2 heterocycles. The summed E-state index contributed by atoms with van der Waals surface area (Å²) in [6.45, 7) is 4.26. The molecule has 3 heteroatoms. The van der Waals surface area contributed by atoms with Crippen LogP contribution in [0, 0.1) is 0 Å². The Morgan fingerprint density at radius 1 is 1.25 bits per heavy atom. The molecule has 0 saturated carbocycles. The van der Waals surface area contributed by atoms with Crippen LogP contribution < -0.4 is 5.32 Å². The molecule has 2 saturated heterocycles. The van der Waals surface area contributed by atoms with Gasteiger partial charge in [-0.2, -0.15) is 0 Å². The molecule has 2 rings (SSSR count). The molecule has 1 amide bonds. The number of piperidine rings is 2. The molecule has 2 fully saturated rings. The predicted octanol–water partition coefficient (Wildman–Crippen LogP) is 1.92. The Labute approximate surface area is 98.6 Å². The zero-order chi connectivity index (χ0) is 11.4. The lowest BCUT2D eigenvalue weighted by atomic mass is 9.99. The molecule has 0 bridgehead atoms. The molecule has 0 aromatic heterocycles. The van der Waals surface area contributed by atoms with Gasteiger partial charge in [0, 0.05) is 25.0 Å². The Morgan fingerprint density at radius 3 is 2.75 bits per heavy atom. The number of carbonyl (C=O) groups is 1. The average Bonchev–Trinajstić information content (AvgIpc) is 2.31. The van der Waals surface area contributed by atoms with Gasteiger partial charge in [0.15, 0.2) is 0 Å². The van der Waals surface area contributed by atoms with E-state index in [1.807, 2.05) is 0 Å². The van der Waals surface area contributed by atoms with E-state index in [9.17, 15) is 4.79 Å². The minimum atomic E-state index is 0.367. The van der Waals surface area contributed by atoms with Crippen molar-refractivity contribution in [3.8, 4) is 0 Å². The summed E-state index contributed by atoms with van der Waals surface area (Å²) in [5.41, 5.74) is 0. The van der Waals surface area contributed by atoms with E-state index in [1.165, 1.54) is 38.5 Å². The predicted molar refractivity (Wildman–Crippen MR) is 65.3 cm³/mol. The van der Waals surface area contributed by atoms with Crippen molar-refractivity contribution in [1.29, 1.82) is 0 Å². The fourth-order valence-corrected chi connectivity index (χ4v) is 2.89. The fourth-order valence-electron chi connectivity index (χ4n) is 2.89. The number of nitrogens with zero attached hydrogens (tertiary/aromatic N) is 1. The van der Waals surface area contributed by atoms with Gasteiger partial charge in [0.05, 0.1) is 0 Å². The van der Waals surface area contributed by atoms with Crippen molar-refractivity contribution in [1.82, 2.24) is 10.2 Å². The van der Waals surface area contributed by atoms with E-state index in [0.29, 0.717) is 24.4 Å². The van der Waals surface area contributed by atoms with E-state index >= 15 is 0 Å². The van der Waals surface area contributed by atoms with E-state index in [0.717, 1.165) is 13.1 Å². The minimum absolute atomic E-state index is 0.367. The van der Waals surface area contributed by atoms with E-state index in [2.05, 4.69) is 17.1 Å². The second-order valence-corrected chi connectivity index (χ2v) is 5.28. The zero-order valence-electron chi connectivity index (χ0n) is 10.4. The summed E-state index contributed by atoms with van der Waals surface area (Å²) in [5, 5.41) is 3.46. The summed E-state index contributed by atoms with van der Waals surface area (Å²) in [5.74, 6) is 0.367. The monoisotopic (exact) mass is 224 g/mol. The Bertz CT molecular complexity index is 236. The number of hydrogen-bond donors (Lipinski definition) is 1. The molecular formula is C13H24N2O. The van der Waals surface area contributed by atoms with Crippen molar-refractivity contribution >= 4 is 5.91 Å². The van der Waals surface area contributed by atoms with Gasteiger partial charge in [0.1, 0.15) is 0 Å². The molecule has 3 nitrogen and oxygen atoms in total. The molecule has 2 aliphatic heterocycles. The van der Waals surface area contributed by atoms with Crippen LogP contribution in [0.5, 0.6) is 0 Å². The van der Waals surface area contributed by atoms with E-state index in [1.54, 1.807) is 0 Å². The Balaban J connectivity index is 1.81. The maximum absolute atomic E-state index is 12.2. The maximum atomic E-state index is 12.2. The first-order chi connectivity index (χ1) is 7.77. The maximum Gasteiger partial charge on any atom is 0.224 e. The number of nitrogens with one attached hydrogen (secondary N) is 1. The van der Waals surface area contributed by atoms with E-state index < -0.39 is 0 Å². The summed E-state index contributed by atoms with van der Waals surface area (Å²) < 4.78 is 0. The molecule has 0 spiro atoms. The minimum Gasteiger partial charge on any atom is -0.340 e. The average molecular weight is 224 g/mol. The Kier molecular flexibility index (Phi) is 4.22. The van der Waals surface area contributed by atoms with Crippen LogP contribution in [0.2, 0.25) is 0 Å². The van der Waals surface area contributed by atoms with Crippen LogP contribution in [0.15, 0.2) is 0 Å². The van der Waals surface area contributed by atoms with Crippen molar-refractivity contribution in [2.24, 2.45) is 0 Å². The summed E-state index contributed by atoms with van der Waals surface area (Å²) in [4.78, 5) is 14.3. The van der Waals surface area contributed by atoms with Crippen molar-refractivity contribution in [2.75, 3.05) is 13.1 Å². The van der Waals surface area contributed by atoms with Crippen LogP contribution in [0.1, 0.15) is 51.9 Å². The van der Waals surface area contributed by atoms with Crippen LogP contribution in [-0.2, 0) is 4.79 Å². The molecule has 16 heavy (non-hydrogen) atoms. The molecule has 2 aliphatic rings. The molecule has 92 valence electrons. The van der Waals surface area contributed by atoms with Crippen molar-refractivity contribution in [3.63, 3.8) is 0 Å². The molecule has 1 N–H and O–H groups in total. The van der Waals surface area contributed by atoms with Gasteiger partial charge in [-0.25, -0.2) is 0 Å². The van der Waals surface area contributed by atoms with Gasteiger partial charge >= 0.3 is 0 Å². The molecular weight excluding hydrogens is 200 g/mol. The number of carbonyl (C=O) groups excluding carboxylic acids is 1. The highest BCUT2D eigenvalue weighted by Crippen LogP contribution is 2.19. The molecule has 0 aromatic rings. The first-order valence-corrected chi connectivity index (χ1v) is 6.80. The fraction of sp³-hybridized carbons (Fsp3) is 0.923. The van der Waals surface area contributed by atoms with Crippen LogP contribution in [-0.4, -0.2) is 36.0 Å². The lowest BCUT2D eigenvalue weighted by Crippen LogP contribution is -2.45. The highest BCUT2D eigenvalue weighted by Gasteiger charge is 2.25. The summed E-state index contributed by atoms with van der Waals surface area (Å²) in [7, 11) is 0. The van der Waals surface area contributed by atoms with Crippen LogP contribution in [0.3, 0.4) is 0 Å². The Morgan fingerprint density at radius 2 is 2.06 bits per heavy atom. The van der Waals surface area contributed by atoms with E-state index in [4.69, 9.17) is 0 Å². The lowest BCUT2D eigenvalue weighted by molar-refractivity contribution is -0.135. The third kappa shape index (κ3) is 2.97. The first kappa shape index (κ1) is 11.9. The van der Waals surface area contributed by atoms with Gasteiger partial charge in [-0.3, -0.25) is 4.79 Å². The van der Waals surface area contributed by atoms with Gasteiger partial charge in [0.2, 0.25) is 5.91 Å².